The van der Waals surface area contributed by atoms with E-state index in [0.29, 0.717) is 30.8 Å². The molecule has 4 rings (SSSR count). The van der Waals surface area contributed by atoms with E-state index >= 15 is 0 Å². The Morgan fingerprint density at radius 3 is 2.21 bits per heavy atom. The zero-order valence-electron chi connectivity index (χ0n) is 19.7. The fourth-order valence-corrected chi connectivity index (χ4v) is 4.26. The number of aryl methyl sites for hydroxylation is 2. The van der Waals surface area contributed by atoms with Crippen LogP contribution in [-0.2, 0) is 13.2 Å². The number of piperazine rings is 1. The van der Waals surface area contributed by atoms with Crippen LogP contribution < -0.4 is 10.5 Å². The maximum absolute atomic E-state index is 13.2. The summed E-state index contributed by atoms with van der Waals surface area (Å²) < 4.78 is 6.03. The van der Waals surface area contributed by atoms with E-state index < -0.39 is 5.91 Å². The quantitative estimate of drug-likeness (QED) is 0.587. The highest BCUT2D eigenvalue weighted by Gasteiger charge is 2.23. The Labute approximate surface area is 200 Å². The standard InChI is InChI=1S/C27H30N4O3/c1-19-14-24(15-20(2)25(19)34-18-22-4-3-9-29-16-22)27(33)31-12-10-30(11-13-31)17-21-5-7-23(8-6-21)26(28)32/h3-9,14-16H,10-13,17-18H2,1-2H3,(H2,28,32). The lowest BCUT2D eigenvalue weighted by molar-refractivity contribution is 0.0628. The molecule has 1 saturated heterocycles. The Kier molecular flexibility index (Phi) is 7.23. The molecule has 1 aromatic heterocycles. The topological polar surface area (TPSA) is 88.8 Å². The molecule has 2 aromatic carbocycles. The summed E-state index contributed by atoms with van der Waals surface area (Å²) in [5, 5.41) is 0. The normalized spacial score (nSPS) is 14.1. The molecule has 176 valence electrons. The number of nitrogens with two attached hydrogens (primary N) is 1. The molecule has 2 amide bonds. The molecule has 3 aromatic rings. The SMILES string of the molecule is Cc1cc(C(=O)N2CCN(Cc3ccc(C(N)=O)cc3)CC2)cc(C)c1OCc1cccnc1. The van der Waals surface area contributed by atoms with Gasteiger partial charge in [-0.15, -0.1) is 0 Å². The second-order valence-corrected chi connectivity index (χ2v) is 8.72. The van der Waals surface area contributed by atoms with Crippen LogP contribution in [-0.4, -0.2) is 52.8 Å². The number of benzene rings is 2. The van der Waals surface area contributed by atoms with Crippen molar-refractivity contribution in [1.29, 1.82) is 0 Å². The van der Waals surface area contributed by atoms with E-state index in [1.807, 2.05) is 55.1 Å². The summed E-state index contributed by atoms with van der Waals surface area (Å²) >= 11 is 0. The van der Waals surface area contributed by atoms with Crippen LogP contribution in [0, 0.1) is 13.8 Å². The average molecular weight is 459 g/mol. The third-order valence-corrected chi connectivity index (χ3v) is 6.12. The molecule has 0 radical (unpaired) electrons. The molecule has 0 saturated carbocycles. The zero-order valence-corrected chi connectivity index (χ0v) is 19.7. The Bertz CT molecular complexity index is 1130. The van der Waals surface area contributed by atoms with E-state index in [2.05, 4.69) is 9.88 Å². The van der Waals surface area contributed by atoms with E-state index in [1.165, 1.54) is 0 Å². The van der Waals surface area contributed by atoms with Gasteiger partial charge in [-0.1, -0.05) is 18.2 Å². The van der Waals surface area contributed by atoms with Gasteiger partial charge in [0.2, 0.25) is 5.91 Å². The summed E-state index contributed by atoms with van der Waals surface area (Å²) in [4.78, 5) is 32.8. The lowest BCUT2D eigenvalue weighted by Crippen LogP contribution is -2.48. The van der Waals surface area contributed by atoms with Crippen molar-refractivity contribution in [1.82, 2.24) is 14.8 Å². The van der Waals surface area contributed by atoms with Gasteiger partial charge in [-0.25, -0.2) is 0 Å². The van der Waals surface area contributed by atoms with Crippen LogP contribution in [0.5, 0.6) is 5.75 Å². The maximum atomic E-state index is 13.2. The highest BCUT2D eigenvalue weighted by atomic mass is 16.5. The van der Waals surface area contributed by atoms with Crippen LogP contribution in [0.25, 0.3) is 0 Å². The predicted octanol–water partition coefficient (Wildman–Crippen LogP) is 3.33. The lowest BCUT2D eigenvalue weighted by atomic mass is 10.0. The molecule has 7 nitrogen and oxygen atoms in total. The number of carbonyl (C=O) groups is 2. The van der Waals surface area contributed by atoms with E-state index in [4.69, 9.17) is 10.5 Å². The number of hydrogen-bond acceptors (Lipinski definition) is 5. The zero-order chi connectivity index (χ0) is 24.1. The molecule has 2 heterocycles. The number of aromatic nitrogens is 1. The minimum Gasteiger partial charge on any atom is -0.488 e. The molecule has 0 unspecified atom stereocenters. The van der Waals surface area contributed by atoms with Crippen molar-refractivity contribution >= 4 is 11.8 Å². The summed E-state index contributed by atoms with van der Waals surface area (Å²) in [7, 11) is 0. The van der Waals surface area contributed by atoms with Crippen molar-refractivity contribution < 1.29 is 14.3 Å². The van der Waals surface area contributed by atoms with Gasteiger partial charge in [0, 0.05) is 61.8 Å². The maximum Gasteiger partial charge on any atom is 0.253 e. The number of hydrogen-bond donors (Lipinski definition) is 1. The van der Waals surface area contributed by atoms with Crippen LogP contribution in [0.2, 0.25) is 0 Å². The van der Waals surface area contributed by atoms with Crippen molar-refractivity contribution in [2.45, 2.75) is 27.0 Å². The molecule has 0 aliphatic carbocycles. The van der Waals surface area contributed by atoms with Crippen LogP contribution in [0.4, 0.5) is 0 Å². The number of rotatable bonds is 7. The summed E-state index contributed by atoms with van der Waals surface area (Å²) in [6, 6.07) is 15.1. The van der Waals surface area contributed by atoms with Gasteiger partial charge >= 0.3 is 0 Å². The number of carbonyl (C=O) groups excluding carboxylic acids is 2. The van der Waals surface area contributed by atoms with Gasteiger partial charge in [-0.3, -0.25) is 19.5 Å². The smallest absolute Gasteiger partial charge is 0.253 e. The fourth-order valence-electron chi connectivity index (χ4n) is 4.26. The molecule has 7 heteroatoms. The van der Waals surface area contributed by atoms with Gasteiger partial charge in [0.25, 0.3) is 5.91 Å². The number of primary amides is 1. The second kappa shape index (κ2) is 10.5. The van der Waals surface area contributed by atoms with E-state index in [9.17, 15) is 9.59 Å². The monoisotopic (exact) mass is 458 g/mol. The number of ether oxygens (including phenoxy) is 1. The van der Waals surface area contributed by atoms with Gasteiger partial charge < -0.3 is 15.4 Å². The number of pyridine rings is 1. The molecule has 1 fully saturated rings. The van der Waals surface area contributed by atoms with Crippen LogP contribution >= 0.6 is 0 Å². The fraction of sp³-hybridized carbons (Fsp3) is 0.296. The Hall–Kier alpha value is -3.71. The van der Waals surface area contributed by atoms with Gasteiger partial charge in [0.1, 0.15) is 12.4 Å². The Morgan fingerprint density at radius 1 is 0.941 bits per heavy atom. The minimum atomic E-state index is -0.419. The molecule has 0 atom stereocenters. The predicted molar refractivity (Wildman–Crippen MR) is 131 cm³/mol. The summed E-state index contributed by atoms with van der Waals surface area (Å²) in [6.45, 7) is 8.12. The Morgan fingerprint density at radius 2 is 1.62 bits per heavy atom. The van der Waals surface area contributed by atoms with Crippen molar-refractivity contribution in [3.8, 4) is 5.75 Å². The van der Waals surface area contributed by atoms with E-state index in [1.54, 1.807) is 24.5 Å². The van der Waals surface area contributed by atoms with Crippen molar-refractivity contribution in [3.05, 3.63) is 94.3 Å². The third kappa shape index (κ3) is 5.61. The minimum absolute atomic E-state index is 0.0514. The molecule has 1 aliphatic heterocycles. The van der Waals surface area contributed by atoms with Gasteiger partial charge in [0.15, 0.2) is 0 Å². The highest BCUT2D eigenvalue weighted by molar-refractivity contribution is 5.95. The van der Waals surface area contributed by atoms with Crippen LogP contribution in [0.1, 0.15) is 43.0 Å². The molecular weight excluding hydrogens is 428 g/mol. The molecule has 0 spiro atoms. The summed E-state index contributed by atoms with van der Waals surface area (Å²) in [6.07, 6.45) is 3.53. The van der Waals surface area contributed by atoms with Crippen LogP contribution in [0.15, 0.2) is 60.9 Å². The molecule has 0 bridgehead atoms. The number of amides is 2. The second-order valence-electron chi connectivity index (χ2n) is 8.72. The van der Waals surface area contributed by atoms with Crippen LogP contribution in [0.3, 0.4) is 0 Å². The lowest BCUT2D eigenvalue weighted by Gasteiger charge is -2.35. The first-order chi connectivity index (χ1) is 16.4. The van der Waals surface area contributed by atoms with Crippen molar-refractivity contribution in [2.24, 2.45) is 5.73 Å². The average Bonchev–Trinajstić information content (AvgIpc) is 2.84. The van der Waals surface area contributed by atoms with E-state index in [0.717, 1.165) is 47.6 Å². The summed E-state index contributed by atoms with van der Waals surface area (Å²) in [5.74, 6) is 0.445. The first-order valence-corrected chi connectivity index (χ1v) is 11.4. The molecular formula is C27H30N4O3. The molecule has 34 heavy (non-hydrogen) atoms. The van der Waals surface area contributed by atoms with Gasteiger partial charge in [-0.05, 0) is 60.9 Å². The molecule has 1 aliphatic rings. The Balaban J connectivity index is 1.33. The highest BCUT2D eigenvalue weighted by Crippen LogP contribution is 2.26. The largest absolute Gasteiger partial charge is 0.488 e. The first kappa shape index (κ1) is 23.4. The van der Waals surface area contributed by atoms with Crippen molar-refractivity contribution in [3.63, 3.8) is 0 Å². The van der Waals surface area contributed by atoms with Gasteiger partial charge in [0.05, 0.1) is 0 Å². The van der Waals surface area contributed by atoms with E-state index in [-0.39, 0.29) is 5.91 Å². The van der Waals surface area contributed by atoms with Gasteiger partial charge in [-0.2, -0.15) is 0 Å². The first-order valence-electron chi connectivity index (χ1n) is 11.4. The summed E-state index contributed by atoms with van der Waals surface area (Å²) in [5.41, 5.74) is 10.5. The van der Waals surface area contributed by atoms with Crippen molar-refractivity contribution in [2.75, 3.05) is 26.2 Å². The molecule has 2 N–H and O–H groups in total. The number of nitrogens with zero attached hydrogens (tertiary/aromatic N) is 3. The third-order valence-electron chi connectivity index (χ3n) is 6.12.